The summed E-state index contributed by atoms with van der Waals surface area (Å²) in [5.41, 5.74) is 0. The monoisotopic (exact) mass is 416 g/mol. The van der Waals surface area contributed by atoms with E-state index in [0.29, 0.717) is 24.2 Å². The molecule has 0 atom stereocenters. The Bertz CT molecular complexity index is 611. The predicted octanol–water partition coefficient (Wildman–Crippen LogP) is 6.58. The minimum atomic E-state index is -0.530. The Morgan fingerprint density at radius 2 is 0.786 bits per heavy atom. The Balaban J connectivity index is 2.74. The number of hydrogen-bond acceptors (Lipinski definition) is 2. The normalized spacial score (nSPS) is 12.7. The third kappa shape index (κ3) is 5.64. The lowest BCUT2D eigenvalue weighted by atomic mass is 10.3. The molecule has 0 aromatic heterocycles. The standard InChI is InChI=1S/C24H38N2P2/c1-19(2)25(20(3)4)28(26(21(5)6)22(7)8)27(23-15-11-9-12-16-23)24-17-13-10-14-18-24/h9-22H,1-8H3. The first-order valence-corrected chi connectivity index (χ1v) is 13.8. The van der Waals surface area contributed by atoms with E-state index >= 15 is 0 Å². The number of rotatable bonds is 9. The summed E-state index contributed by atoms with van der Waals surface area (Å²) in [6.07, 6.45) is 0. The van der Waals surface area contributed by atoms with E-state index in [1.807, 2.05) is 0 Å². The molecule has 2 aromatic carbocycles. The molecule has 0 heterocycles. The van der Waals surface area contributed by atoms with Crippen LogP contribution < -0.4 is 10.6 Å². The fraction of sp³-hybridized carbons (Fsp3) is 0.500. The Kier molecular flexibility index (Phi) is 9.10. The van der Waals surface area contributed by atoms with E-state index < -0.39 is 15.5 Å². The summed E-state index contributed by atoms with van der Waals surface area (Å²) < 4.78 is 5.59. The number of nitrogens with zero attached hydrogens (tertiary/aromatic N) is 2. The topological polar surface area (TPSA) is 6.48 Å². The van der Waals surface area contributed by atoms with Gasteiger partial charge < -0.3 is 0 Å². The molecule has 2 nitrogen and oxygen atoms in total. The zero-order chi connectivity index (χ0) is 20.8. The Labute approximate surface area is 175 Å². The van der Waals surface area contributed by atoms with Gasteiger partial charge in [0.05, 0.1) is 7.91 Å². The van der Waals surface area contributed by atoms with Gasteiger partial charge in [-0.3, -0.25) is 9.34 Å². The molecule has 0 spiro atoms. The molecular weight excluding hydrogens is 378 g/mol. The van der Waals surface area contributed by atoms with E-state index in [4.69, 9.17) is 0 Å². The van der Waals surface area contributed by atoms with Crippen molar-refractivity contribution in [1.29, 1.82) is 0 Å². The van der Waals surface area contributed by atoms with Gasteiger partial charge in [0.15, 0.2) is 0 Å². The minimum Gasteiger partial charge on any atom is -0.261 e. The Hall–Kier alpha value is -0.780. The van der Waals surface area contributed by atoms with E-state index in [9.17, 15) is 0 Å². The first-order chi connectivity index (χ1) is 13.3. The van der Waals surface area contributed by atoms with Gasteiger partial charge in [0, 0.05) is 31.8 Å². The largest absolute Gasteiger partial charge is 0.261 e. The molecule has 28 heavy (non-hydrogen) atoms. The molecular formula is C24H38N2P2. The van der Waals surface area contributed by atoms with Crippen molar-refractivity contribution >= 4 is 26.1 Å². The second kappa shape index (κ2) is 10.8. The summed E-state index contributed by atoms with van der Waals surface area (Å²) in [6, 6.07) is 24.4. The molecule has 0 amide bonds. The van der Waals surface area contributed by atoms with Gasteiger partial charge in [-0.05, 0) is 66.0 Å². The van der Waals surface area contributed by atoms with E-state index in [-0.39, 0.29) is 0 Å². The zero-order valence-electron chi connectivity index (χ0n) is 18.9. The fourth-order valence-corrected chi connectivity index (χ4v) is 13.5. The van der Waals surface area contributed by atoms with Crippen LogP contribution in [0.25, 0.3) is 0 Å². The molecule has 0 fully saturated rings. The quantitative estimate of drug-likeness (QED) is 0.426. The van der Waals surface area contributed by atoms with Gasteiger partial charge >= 0.3 is 0 Å². The molecule has 2 aromatic rings. The summed E-state index contributed by atoms with van der Waals surface area (Å²) in [5, 5.41) is 2.96. The van der Waals surface area contributed by atoms with Crippen LogP contribution in [-0.2, 0) is 0 Å². The average Bonchev–Trinajstić information content (AvgIpc) is 2.62. The van der Waals surface area contributed by atoms with E-state index in [2.05, 4.69) is 125 Å². The van der Waals surface area contributed by atoms with Crippen molar-refractivity contribution in [2.24, 2.45) is 0 Å². The molecule has 0 aliphatic rings. The van der Waals surface area contributed by atoms with Crippen molar-refractivity contribution in [1.82, 2.24) is 9.34 Å². The third-order valence-electron chi connectivity index (χ3n) is 4.71. The van der Waals surface area contributed by atoms with Crippen LogP contribution in [0.2, 0.25) is 0 Å². The van der Waals surface area contributed by atoms with Crippen LogP contribution >= 0.6 is 15.5 Å². The highest BCUT2D eigenvalue weighted by Gasteiger charge is 2.39. The van der Waals surface area contributed by atoms with Crippen molar-refractivity contribution in [3.63, 3.8) is 0 Å². The average molecular weight is 417 g/mol. The van der Waals surface area contributed by atoms with Gasteiger partial charge in [0.1, 0.15) is 0 Å². The summed E-state index contributed by atoms with van der Waals surface area (Å²) in [4.78, 5) is 0. The highest BCUT2D eigenvalue weighted by Crippen LogP contribution is 2.73. The zero-order valence-corrected chi connectivity index (χ0v) is 20.7. The second-order valence-corrected chi connectivity index (χ2v) is 13.8. The van der Waals surface area contributed by atoms with Crippen LogP contribution in [0.3, 0.4) is 0 Å². The van der Waals surface area contributed by atoms with Crippen LogP contribution in [0.4, 0.5) is 0 Å². The highest BCUT2D eigenvalue weighted by atomic mass is 32.1. The van der Waals surface area contributed by atoms with Crippen molar-refractivity contribution in [2.75, 3.05) is 0 Å². The van der Waals surface area contributed by atoms with E-state index in [1.54, 1.807) is 0 Å². The summed E-state index contributed by atoms with van der Waals surface area (Å²) in [6.45, 7) is 18.9. The predicted molar refractivity (Wildman–Crippen MR) is 130 cm³/mol. The molecule has 0 aliphatic carbocycles. The van der Waals surface area contributed by atoms with Crippen LogP contribution in [0, 0.1) is 0 Å². The van der Waals surface area contributed by atoms with Gasteiger partial charge in [-0.1, -0.05) is 60.7 Å². The van der Waals surface area contributed by atoms with E-state index in [0.717, 1.165) is 0 Å². The van der Waals surface area contributed by atoms with Crippen LogP contribution in [0.15, 0.2) is 60.7 Å². The van der Waals surface area contributed by atoms with Crippen molar-refractivity contribution < 1.29 is 0 Å². The van der Waals surface area contributed by atoms with Crippen molar-refractivity contribution in [3.05, 3.63) is 60.7 Å². The van der Waals surface area contributed by atoms with Gasteiger partial charge in [-0.2, -0.15) is 0 Å². The van der Waals surface area contributed by atoms with Gasteiger partial charge in [-0.15, -0.1) is 0 Å². The summed E-state index contributed by atoms with van der Waals surface area (Å²) in [7, 11) is -1.04. The van der Waals surface area contributed by atoms with Crippen LogP contribution in [0.1, 0.15) is 55.4 Å². The molecule has 0 saturated heterocycles. The minimum absolute atomic E-state index is 0.503. The first-order valence-electron chi connectivity index (χ1n) is 10.5. The molecule has 0 bridgehead atoms. The lowest BCUT2D eigenvalue weighted by Gasteiger charge is -2.50. The molecule has 0 N–H and O–H groups in total. The third-order valence-corrected chi connectivity index (χ3v) is 13.0. The van der Waals surface area contributed by atoms with Crippen molar-refractivity contribution in [3.8, 4) is 0 Å². The van der Waals surface area contributed by atoms with E-state index in [1.165, 1.54) is 10.6 Å². The smallest absolute Gasteiger partial charge is 0.0752 e. The van der Waals surface area contributed by atoms with Crippen LogP contribution in [0.5, 0.6) is 0 Å². The lowest BCUT2D eigenvalue weighted by molar-refractivity contribution is 0.264. The fourth-order valence-electron chi connectivity index (χ4n) is 3.84. The van der Waals surface area contributed by atoms with Crippen LogP contribution in [-0.4, -0.2) is 33.5 Å². The molecule has 0 saturated carbocycles. The number of hydrogen-bond donors (Lipinski definition) is 0. The summed E-state index contributed by atoms with van der Waals surface area (Å²) in [5.74, 6) is 0. The molecule has 0 unspecified atom stereocenters. The molecule has 0 aliphatic heterocycles. The highest BCUT2D eigenvalue weighted by molar-refractivity contribution is 8.34. The Morgan fingerprint density at radius 3 is 1.04 bits per heavy atom. The van der Waals surface area contributed by atoms with Gasteiger partial charge in [0.25, 0.3) is 0 Å². The number of benzene rings is 2. The molecule has 154 valence electrons. The lowest BCUT2D eigenvalue weighted by Crippen LogP contribution is -2.43. The Morgan fingerprint density at radius 1 is 0.500 bits per heavy atom. The summed E-state index contributed by atoms with van der Waals surface area (Å²) >= 11 is 0. The SMILES string of the molecule is CC(C)N(C(C)C)P(N(C(C)C)C(C)C)P(c1ccccc1)c1ccccc1. The van der Waals surface area contributed by atoms with Gasteiger partial charge in [-0.25, -0.2) is 0 Å². The maximum Gasteiger partial charge on any atom is 0.0752 e. The van der Waals surface area contributed by atoms with Gasteiger partial charge in [0.2, 0.25) is 0 Å². The second-order valence-electron chi connectivity index (χ2n) is 8.39. The molecule has 2 rings (SSSR count). The maximum atomic E-state index is 2.79. The van der Waals surface area contributed by atoms with Crippen molar-refractivity contribution in [2.45, 2.75) is 79.6 Å². The first kappa shape index (κ1) is 23.5. The maximum absolute atomic E-state index is 2.79. The molecule has 4 heteroatoms. The molecule has 0 radical (unpaired) electrons.